The Balaban J connectivity index is 2.07. The number of benzene rings is 2. The summed E-state index contributed by atoms with van der Waals surface area (Å²) in [5, 5.41) is 11.7. The second-order valence-electron chi connectivity index (χ2n) is 5.66. The standard InChI is InChI=1S/C19H20N2O2/c1-12-9-13(2)18(14(3)10-12)21-19(22)15(4)23-17-7-5-16(11-20)6-8-17/h5-10,15H,1-4H3,(H,21,22). The molecule has 0 aromatic heterocycles. The topological polar surface area (TPSA) is 62.1 Å². The summed E-state index contributed by atoms with van der Waals surface area (Å²) in [7, 11) is 0. The van der Waals surface area contributed by atoms with Crippen molar-refractivity contribution in [1.29, 1.82) is 5.26 Å². The molecule has 2 rings (SSSR count). The van der Waals surface area contributed by atoms with E-state index in [0.29, 0.717) is 11.3 Å². The number of ether oxygens (including phenoxy) is 1. The summed E-state index contributed by atoms with van der Waals surface area (Å²) >= 11 is 0. The average molecular weight is 308 g/mol. The second kappa shape index (κ2) is 6.97. The summed E-state index contributed by atoms with van der Waals surface area (Å²) in [6.07, 6.45) is -0.636. The molecule has 1 unspecified atom stereocenters. The van der Waals surface area contributed by atoms with E-state index in [0.717, 1.165) is 16.8 Å². The first-order valence-electron chi connectivity index (χ1n) is 7.46. The van der Waals surface area contributed by atoms with Gasteiger partial charge in [-0.05, 0) is 63.1 Å². The van der Waals surface area contributed by atoms with Crippen LogP contribution in [0.15, 0.2) is 36.4 Å². The van der Waals surface area contributed by atoms with E-state index in [9.17, 15) is 4.79 Å². The van der Waals surface area contributed by atoms with Gasteiger partial charge in [0.1, 0.15) is 5.75 Å². The van der Waals surface area contributed by atoms with E-state index in [1.165, 1.54) is 5.56 Å². The molecule has 0 aliphatic rings. The fraction of sp³-hybridized carbons (Fsp3) is 0.263. The number of nitrogens with one attached hydrogen (secondary N) is 1. The minimum absolute atomic E-state index is 0.204. The van der Waals surface area contributed by atoms with Gasteiger partial charge in [0.25, 0.3) is 5.91 Å². The maximum absolute atomic E-state index is 12.3. The lowest BCUT2D eigenvalue weighted by molar-refractivity contribution is -0.122. The number of nitrogens with zero attached hydrogens (tertiary/aromatic N) is 1. The van der Waals surface area contributed by atoms with Crippen molar-refractivity contribution in [3.8, 4) is 11.8 Å². The Kier molecular flexibility index (Phi) is 5.02. The van der Waals surface area contributed by atoms with E-state index >= 15 is 0 Å². The summed E-state index contributed by atoms with van der Waals surface area (Å²) in [4.78, 5) is 12.3. The third kappa shape index (κ3) is 4.10. The van der Waals surface area contributed by atoms with E-state index in [1.807, 2.05) is 39.0 Å². The smallest absolute Gasteiger partial charge is 0.265 e. The van der Waals surface area contributed by atoms with Gasteiger partial charge in [0.15, 0.2) is 6.10 Å². The van der Waals surface area contributed by atoms with Gasteiger partial charge in [-0.15, -0.1) is 0 Å². The molecule has 0 saturated heterocycles. The fourth-order valence-corrected chi connectivity index (χ4v) is 2.47. The molecule has 0 saturated carbocycles. The lowest BCUT2D eigenvalue weighted by Crippen LogP contribution is -2.30. The Labute approximate surface area is 136 Å². The van der Waals surface area contributed by atoms with Crippen LogP contribution in [0.5, 0.6) is 5.75 Å². The summed E-state index contributed by atoms with van der Waals surface area (Å²) < 4.78 is 5.63. The van der Waals surface area contributed by atoms with Gasteiger partial charge in [-0.25, -0.2) is 0 Å². The van der Waals surface area contributed by atoms with Gasteiger partial charge < -0.3 is 10.1 Å². The molecular formula is C19H20N2O2. The van der Waals surface area contributed by atoms with Crippen LogP contribution in [0.2, 0.25) is 0 Å². The van der Waals surface area contributed by atoms with Crippen LogP contribution in [-0.2, 0) is 4.79 Å². The molecule has 1 N–H and O–H groups in total. The van der Waals surface area contributed by atoms with Crippen LogP contribution in [0.1, 0.15) is 29.2 Å². The fourth-order valence-electron chi connectivity index (χ4n) is 2.47. The number of rotatable bonds is 4. The number of amides is 1. The molecule has 0 heterocycles. The minimum atomic E-state index is -0.636. The highest BCUT2D eigenvalue weighted by Gasteiger charge is 2.17. The van der Waals surface area contributed by atoms with Crippen LogP contribution in [0, 0.1) is 32.1 Å². The van der Waals surface area contributed by atoms with Crippen molar-refractivity contribution in [1.82, 2.24) is 0 Å². The highest BCUT2D eigenvalue weighted by molar-refractivity contribution is 5.95. The van der Waals surface area contributed by atoms with Crippen molar-refractivity contribution in [3.05, 3.63) is 58.7 Å². The zero-order valence-electron chi connectivity index (χ0n) is 13.8. The zero-order valence-corrected chi connectivity index (χ0v) is 13.8. The Hall–Kier alpha value is -2.80. The van der Waals surface area contributed by atoms with Gasteiger partial charge in [-0.2, -0.15) is 5.26 Å². The molecule has 0 bridgehead atoms. The third-order valence-electron chi connectivity index (χ3n) is 3.59. The molecule has 0 spiro atoms. The Morgan fingerprint density at radius 3 is 2.22 bits per heavy atom. The van der Waals surface area contributed by atoms with Gasteiger partial charge in [0.05, 0.1) is 11.6 Å². The number of nitriles is 1. The van der Waals surface area contributed by atoms with Crippen LogP contribution in [0.4, 0.5) is 5.69 Å². The molecule has 0 fully saturated rings. The molecule has 0 radical (unpaired) electrons. The highest BCUT2D eigenvalue weighted by atomic mass is 16.5. The van der Waals surface area contributed by atoms with Gasteiger partial charge in [0.2, 0.25) is 0 Å². The molecule has 118 valence electrons. The van der Waals surface area contributed by atoms with Crippen LogP contribution < -0.4 is 10.1 Å². The number of carbonyl (C=O) groups excluding carboxylic acids is 1. The molecule has 4 heteroatoms. The summed E-state index contributed by atoms with van der Waals surface area (Å²) in [5.41, 5.74) is 4.61. The number of hydrogen-bond acceptors (Lipinski definition) is 3. The summed E-state index contributed by atoms with van der Waals surface area (Å²) in [5.74, 6) is 0.355. The van der Waals surface area contributed by atoms with E-state index in [2.05, 4.69) is 5.32 Å². The third-order valence-corrected chi connectivity index (χ3v) is 3.59. The molecule has 23 heavy (non-hydrogen) atoms. The monoisotopic (exact) mass is 308 g/mol. The molecule has 4 nitrogen and oxygen atoms in total. The van der Waals surface area contributed by atoms with Gasteiger partial charge in [-0.1, -0.05) is 17.7 Å². The van der Waals surface area contributed by atoms with Crippen LogP contribution in [-0.4, -0.2) is 12.0 Å². The van der Waals surface area contributed by atoms with E-state index in [4.69, 9.17) is 10.00 Å². The number of aryl methyl sites for hydroxylation is 3. The van der Waals surface area contributed by atoms with Crippen molar-refractivity contribution in [2.24, 2.45) is 0 Å². The lowest BCUT2D eigenvalue weighted by Gasteiger charge is -2.17. The van der Waals surface area contributed by atoms with Gasteiger partial charge in [0, 0.05) is 5.69 Å². The minimum Gasteiger partial charge on any atom is -0.481 e. The van der Waals surface area contributed by atoms with Crippen LogP contribution in [0.25, 0.3) is 0 Å². The predicted octanol–water partition coefficient (Wildman–Crippen LogP) is 3.89. The molecule has 0 aliphatic carbocycles. The molecular weight excluding hydrogens is 288 g/mol. The number of carbonyl (C=O) groups is 1. The Morgan fingerprint density at radius 2 is 1.70 bits per heavy atom. The van der Waals surface area contributed by atoms with Crippen molar-refractivity contribution < 1.29 is 9.53 Å². The lowest BCUT2D eigenvalue weighted by atomic mass is 10.0. The maximum Gasteiger partial charge on any atom is 0.265 e. The van der Waals surface area contributed by atoms with Crippen LogP contribution >= 0.6 is 0 Å². The van der Waals surface area contributed by atoms with Gasteiger partial charge in [-0.3, -0.25) is 4.79 Å². The Morgan fingerprint density at radius 1 is 1.13 bits per heavy atom. The quantitative estimate of drug-likeness (QED) is 0.932. The second-order valence-corrected chi connectivity index (χ2v) is 5.66. The molecule has 2 aromatic carbocycles. The summed E-state index contributed by atoms with van der Waals surface area (Å²) in [6, 6.07) is 12.8. The van der Waals surface area contributed by atoms with E-state index < -0.39 is 6.10 Å². The van der Waals surface area contributed by atoms with E-state index in [1.54, 1.807) is 31.2 Å². The number of anilines is 1. The molecule has 1 atom stereocenters. The van der Waals surface area contributed by atoms with Gasteiger partial charge >= 0.3 is 0 Å². The zero-order chi connectivity index (χ0) is 17.0. The van der Waals surface area contributed by atoms with Crippen LogP contribution in [0.3, 0.4) is 0 Å². The highest BCUT2D eigenvalue weighted by Crippen LogP contribution is 2.22. The first kappa shape index (κ1) is 16.6. The molecule has 0 aliphatic heterocycles. The largest absolute Gasteiger partial charge is 0.481 e. The van der Waals surface area contributed by atoms with Crippen molar-refractivity contribution >= 4 is 11.6 Å². The first-order valence-corrected chi connectivity index (χ1v) is 7.46. The van der Waals surface area contributed by atoms with E-state index in [-0.39, 0.29) is 5.91 Å². The maximum atomic E-state index is 12.3. The van der Waals surface area contributed by atoms with Crippen molar-refractivity contribution in [2.75, 3.05) is 5.32 Å². The SMILES string of the molecule is Cc1cc(C)c(NC(=O)C(C)Oc2ccc(C#N)cc2)c(C)c1. The molecule has 1 amide bonds. The van der Waals surface area contributed by atoms with Crippen molar-refractivity contribution in [2.45, 2.75) is 33.8 Å². The normalized spacial score (nSPS) is 11.4. The summed E-state index contributed by atoms with van der Waals surface area (Å²) in [6.45, 7) is 7.68. The predicted molar refractivity (Wildman–Crippen MR) is 90.5 cm³/mol. The Bertz CT molecular complexity index is 735. The first-order chi connectivity index (χ1) is 10.9. The average Bonchev–Trinajstić information content (AvgIpc) is 2.51. The van der Waals surface area contributed by atoms with Crippen molar-refractivity contribution in [3.63, 3.8) is 0 Å². The molecule has 2 aromatic rings. The number of hydrogen-bond donors (Lipinski definition) is 1.